The number of hydrogen-bond acceptors (Lipinski definition) is 6. The molecule has 1 fully saturated rings. The van der Waals surface area contributed by atoms with Crippen molar-refractivity contribution in [3.63, 3.8) is 0 Å². The van der Waals surface area contributed by atoms with E-state index in [1.165, 1.54) is 18.3 Å². The zero-order valence-corrected chi connectivity index (χ0v) is 21.1. The first-order valence-corrected chi connectivity index (χ1v) is 12.0. The Morgan fingerprint density at radius 2 is 1.83 bits per heavy atom. The number of nitrogen functional groups attached to an aromatic ring is 1. The monoisotopic (exact) mass is 517 g/mol. The second kappa shape index (κ2) is 10.4. The predicted molar refractivity (Wildman–Crippen MR) is 135 cm³/mol. The van der Waals surface area contributed by atoms with Gasteiger partial charge < -0.3 is 20.7 Å². The predicted octanol–water partition coefficient (Wildman–Crippen LogP) is 5.13. The number of hydrogen-bond donors (Lipinski definition) is 2. The number of rotatable bonds is 5. The van der Waals surface area contributed by atoms with E-state index in [1.54, 1.807) is 31.2 Å². The summed E-state index contributed by atoms with van der Waals surface area (Å²) in [4.78, 5) is 23.5. The molecular formula is C25H26Cl2FN5O2. The Bertz CT molecular complexity index is 1230. The molecule has 2 aromatic carbocycles. The summed E-state index contributed by atoms with van der Waals surface area (Å²) in [7, 11) is 0. The van der Waals surface area contributed by atoms with Crippen molar-refractivity contribution >= 4 is 34.9 Å². The number of carbonyl (C=O) groups excluding carboxylic acids is 1. The summed E-state index contributed by atoms with van der Waals surface area (Å²) in [5.41, 5.74) is 8.10. The van der Waals surface area contributed by atoms with Crippen molar-refractivity contribution in [2.24, 2.45) is 0 Å². The number of halogens is 3. The minimum Gasteiger partial charge on any atom is -0.467 e. The Morgan fingerprint density at radius 3 is 2.49 bits per heavy atom. The third kappa shape index (κ3) is 5.50. The quantitative estimate of drug-likeness (QED) is 0.455. The van der Waals surface area contributed by atoms with Crippen LogP contribution in [0.1, 0.15) is 42.8 Å². The number of anilines is 1. The Hall–Kier alpha value is -2.94. The van der Waals surface area contributed by atoms with Crippen molar-refractivity contribution in [2.45, 2.75) is 39.0 Å². The number of benzene rings is 2. The first-order chi connectivity index (χ1) is 16.6. The van der Waals surface area contributed by atoms with Gasteiger partial charge in [-0.3, -0.25) is 4.79 Å². The SMILES string of the molecule is CC(Oc1nc(-c2ccc(C(=O)N3C[C@@H](C)N[C@@H](C)C3)cc2)cnc1N)c1c(Cl)ccc(F)c1Cl. The lowest BCUT2D eigenvalue weighted by Crippen LogP contribution is -2.55. The molecule has 1 aliphatic heterocycles. The second-order valence-corrected chi connectivity index (χ2v) is 9.50. The van der Waals surface area contributed by atoms with Gasteiger partial charge in [0.25, 0.3) is 11.8 Å². The highest BCUT2D eigenvalue weighted by molar-refractivity contribution is 6.36. The van der Waals surface area contributed by atoms with Crippen LogP contribution in [0.5, 0.6) is 5.88 Å². The van der Waals surface area contributed by atoms with Gasteiger partial charge in [0.15, 0.2) is 5.82 Å². The number of aromatic nitrogens is 2. The second-order valence-electron chi connectivity index (χ2n) is 8.72. The topological polar surface area (TPSA) is 93.4 Å². The highest BCUT2D eigenvalue weighted by Gasteiger charge is 2.26. The molecule has 7 nitrogen and oxygen atoms in total. The van der Waals surface area contributed by atoms with Gasteiger partial charge in [0.1, 0.15) is 11.9 Å². The van der Waals surface area contributed by atoms with E-state index in [9.17, 15) is 9.18 Å². The van der Waals surface area contributed by atoms with Crippen molar-refractivity contribution in [3.05, 3.63) is 69.6 Å². The Morgan fingerprint density at radius 1 is 1.17 bits per heavy atom. The number of nitrogens with zero attached hydrogens (tertiary/aromatic N) is 3. The molecule has 35 heavy (non-hydrogen) atoms. The van der Waals surface area contributed by atoms with Crippen LogP contribution in [-0.4, -0.2) is 45.9 Å². The lowest BCUT2D eigenvalue weighted by atomic mass is 10.1. The van der Waals surface area contributed by atoms with E-state index in [0.29, 0.717) is 29.9 Å². The summed E-state index contributed by atoms with van der Waals surface area (Å²) in [5.74, 6) is -0.483. The van der Waals surface area contributed by atoms with E-state index in [1.807, 2.05) is 4.90 Å². The van der Waals surface area contributed by atoms with Crippen molar-refractivity contribution in [2.75, 3.05) is 18.8 Å². The minimum atomic E-state index is -0.735. The first-order valence-electron chi connectivity index (χ1n) is 11.2. The summed E-state index contributed by atoms with van der Waals surface area (Å²) in [6.07, 6.45) is 0.784. The Kier molecular flexibility index (Phi) is 7.44. The summed E-state index contributed by atoms with van der Waals surface area (Å²) < 4.78 is 19.8. The smallest absolute Gasteiger partial charge is 0.258 e. The van der Waals surface area contributed by atoms with Gasteiger partial charge >= 0.3 is 0 Å². The van der Waals surface area contributed by atoms with Gasteiger partial charge in [0, 0.05) is 46.9 Å². The fourth-order valence-electron chi connectivity index (χ4n) is 4.21. The van der Waals surface area contributed by atoms with E-state index in [-0.39, 0.29) is 39.7 Å². The molecule has 0 bridgehead atoms. The molecule has 1 aliphatic rings. The fourth-order valence-corrected chi connectivity index (χ4v) is 4.89. The maximum absolute atomic E-state index is 13.9. The zero-order valence-electron chi connectivity index (χ0n) is 19.6. The molecule has 1 aromatic heterocycles. The summed E-state index contributed by atoms with van der Waals surface area (Å²) in [6, 6.07) is 10.2. The molecule has 0 saturated carbocycles. The molecule has 0 spiro atoms. The van der Waals surface area contributed by atoms with Crippen molar-refractivity contribution in [1.29, 1.82) is 0 Å². The van der Waals surface area contributed by atoms with Gasteiger partial charge in [0.2, 0.25) is 0 Å². The summed E-state index contributed by atoms with van der Waals surface area (Å²) in [6.45, 7) is 7.11. The van der Waals surface area contributed by atoms with Crippen molar-refractivity contribution in [1.82, 2.24) is 20.2 Å². The highest BCUT2D eigenvalue weighted by atomic mass is 35.5. The number of nitrogens with one attached hydrogen (secondary N) is 1. The number of nitrogens with two attached hydrogens (primary N) is 1. The van der Waals surface area contributed by atoms with Crippen LogP contribution in [0.4, 0.5) is 10.2 Å². The maximum Gasteiger partial charge on any atom is 0.258 e. The zero-order chi connectivity index (χ0) is 25.3. The van der Waals surface area contributed by atoms with E-state index in [4.69, 9.17) is 33.7 Å². The van der Waals surface area contributed by atoms with Gasteiger partial charge in [-0.15, -0.1) is 0 Å². The molecule has 0 aliphatic carbocycles. The average Bonchev–Trinajstić information content (AvgIpc) is 2.82. The van der Waals surface area contributed by atoms with E-state index >= 15 is 0 Å². The number of ether oxygens (including phenoxy) is 1. The highest BCUT2D eigenvalue weighted by Crippen LogP contribution is 2.35. The lowest BCUT2D eigenvalue weighted by molar-refractivity contribution is 0.0674. The third-order valence-corrected chi connectivity index (χ3v) is 6.53. The van der Waals surface area contributed by atoms with Gasteiger partial charge in [-0.2, -0.15) is 0 Å². The fraction of sp³-hybridized carbons (Fsp3) is 0.320. The Labute approximate surface area is 213 Å². The number of carbonyl (C=O) groups is 1. The standard InChI is InChI=1S/C25H26Cl2FN5O2/c1-13-11-33(12-14(2)31-13)25(34)17-6-4-16(5-7-17)20-10-30-23(29)24(32-20)35-15(3)21-18(26)8-9-19(28)22(21)27/h4-10,13-15,31H,11-12H2,1-3H3,(H2,29,30)/t13-,14+,15?. The summed E-state index contributed by atoms with van der Waals surface area (Å²) in [5, 5.41) is 3.56. The molecule has 2 heterocycles. The van der Waals surface area contributed by atoms with Crippen LogP contribution in [0.2, 0.25) is 10.0 Å². The molecular weight excluding hydrogens is 492 g/mol. The van der Waals surface area contributed by atoms with Crippen LogP contribution in [0.15, 0.2) is 42.6 Å². The molecule has 1 amide bonds. The average molecular weight is 518 g/mol. The molecule has 4 rings (SSSR count). The van der Waals surface area contributed by atoms with Gasteiger partial charge in [-0.05, 0) is 45.0 Å². The molecule has 3 aromatic rings. The van der Waals surface area contributed by atoms with Crippen LogP contribution in [0.25, 0.3) is 11.3 Å². The molecule has 1 saturated heterocycles. The van der Waals surface area contributed by atoms with Gasteiger partial charge in [-0.25, -0.2) is 14.4 Å². The van der Waals surface area contributed by atoms with Crippen LogP contribution >= 0.6 is 23.2 Å². The molecule has 1 unspecified atom stereocenters. The molecule has 184 valence electrons. The van der Waals surface area contributed by atoms with Crippen LogP contribution in [-0.2, 0) is 0 Å². The molecule has 0 radical (unpaired) electrons. The normalized spacial score (nSPS) is 18.9. The first kappa shape index (κ1) is 25.2. The van der Waals surface area contributed by atoms with Gasteiger partial charge in [-0.1, -0.05) is 35.3 Å². The lowest BCUT2D eigenvalue weighted by Gasteiger charge is -2.36. The maximum atomic E-state index is 13.9. The molecule has 3 N–H and O–H groups in total. The number of amides is 1. The summed E-state index contributed by atoms with van der Waals surface area (Å²) >= 11 is 12.3. The van der Waals surface area contributed by atoms with E-state index in [0.717, 1.165) is 5.56 Å². The van der Waals surface area contributed by atoms with Crippen LogP contribution in [0, 0.1) is 5.82 Å². The third-order valence-electron chi connectivity index (χ3n) is 5.81. The van der Waals surface area contributed by atoms with Crippen molar-refractivity contribution in [3.8, 4) is 17.1 Å². The van der Waals surface area contributed by atoms with Crippen LogP contribution in [0.3, 0.4) is 0 Å². The van der Waals surface area contributed by atoms with E-state index < -0.39 is 11.9 Å². The molecule has 10 heteroatoms. The largest absolute Gasteiger partial charge is 0.467 e. The van der Waals surface area contributed by atoms with Crippen molar-refractivity contribution < 1.29 is 13.9 Å². The molecule has 3 atom stereocenters. The Balaban J connectivity index is 1.54. The minimum absolute atomic E-state index is 0.0122. The van der Waals surface area contributed by atoms with E-state index in [2.05, 4.69) is 29.1 Å². The van der Waals surface area contributed by atoms with Gasteiger partial charge in [0.05, 0.1) is 16.9 Å². The number of piperazine rings is 1. The van der Waals surface area contributed by atoms with Crippen LogP contribution < -0.4 is 15.8 Å².